The van der Waals surface area contributed by atoms with E-state index < -0.39 is 5.66 Å². The number of hydrogen-bond acceptors (Lipinski definition) is 5. The molecule has 5 heteroatoms. The van der Waals surface area contributed by atoms with E-state index >= 15 is 0 Å². The van der Waals surface area contributed by atoms with E-state index in [1.165, 1.54) is 11.1 Å². The molecule has 5 nitrogen and oxygen atoms in total. The minimum atomic E-state index is -0.633. The maximum absolute atomic E-state index is 6.30. The van der Waals surface area contributed by atoms with Crippen LogP contribution in [-0.2, 0) is 16.8 Å². The number of nitrogens with zero attached hydrogens (tertiary/aromatic N) is 3. The van der Waals surface area contributed by atoms with Crippen LogP contribution >= 0.6 is 0 Å². The van der Waals surface area contributed by atoms with Crippen LogP contribution < -0.4 is 5.73 Å². The lowest BCUT2D eigenvalue weighted by Crippen LogP contribution is -2.36. The number of nitrogens with two attached hydrogens (primary N) is 1. The highest BCUT2D eigenvalue weighted by atomic mass is 16.5. The number of benzene rings is 1. The molecule has 1 aliphatic heterocycles. The molecule has 1 aliphatic carbocycles. The van der Waals surface area contributed by atoms with Gasteiger partial charge in [0.25, 0.3) is 0 Å². The molecule has 1 aromatic heterocycles. The molecule has 1 atom stereocenters. The minimum absolute atomic E-state index is 0.316. The van der Waals surface area contributed by atoms with Crippen molar-refractivity contribution in [3.05, 3.63) is 53.3 Å². The fraction of sp³-hybridized carbons (Fsp3) is 0.480. The summed E-state index contributed by atoms with van der Waals surface area (Å²) < 4.78 is 5.61. The van der Waals surface area contributed by atoms with E-state index in [2.05, 4.69) is 43.1 Å². The average Bonchev–Trinajstić information content (AvgIpc) is 3.08. The lowest BCUT2D eigenvalue weighted by molar-refractivity contribution is 0.0425. The molecule has 4 rings (SSSR count). The molecule has 1 fully saturated rings. The summed E-state index contributed by atoms with van der Waals surface area (Å²) in [5.74, 6) is 0.879. The Hall–Kier alpha value is -2.53. The summed E-state index contributed by atoms with van der Waals surface area (Å²) in [6.07, 6.45) is 9.22. The van der Waals surface area contributed by atoms with Crippen LogP contribution in [-0.4, -0.2) is 29.7 Å². The van der Waals surface area contributed by atoms with Crippen LogP contribution in [0.15, 0.2) is 46.6 Å². The molecule has 2 N–H and O–H groups in total. The van der Waals surface area contributed by atoms with Gasteiger partial charge in [-0.1, -0.05) is 19.1 Å². The topological polar surface area (TPSA) is 72.9 Å². The van der Waals surface area contributed by atoms with E-state index in [4.69, 9.17) is 20.5 Å². The molecule has 2 heterocycles. The third-order valence-electron chi connectivity index (χ3n) is 6.67. The van der Waals surface area contributed by atoms with Crippen LogP contribution in [0, 0.1) is 12.8 Å². The molecule has 1 aromatic carbocycles. The summed E-state index contributed by atoms with van der Waals surface area (Å²) >= 11 is 0. The van der Waals surface area contributed by atoms with Gasteiger partial charge in [0, 0.05) is 36.5 Å². The van der Waals surface area contributed by atoms with Crippen LogP contribution in [0.5, 0.6) is 0 Å². The zero-order valence-electron chi connectivity index (χ0n) is 18.5. The quantitative estimate of drug-likeness (QED) is 0.777. The number of hydrogen-bond donors (Lipinski definition) is 1. The summed E-state index contributed by atoms with van der Waals surface area (Å²) in [5.41, 5.74) is 12.4. The van der Waals surface area contributed by atoms with Crippen LogP contribution in [0.3, 0.4) is 0 Å². The number of ether oxygens (including phenoxy) is 1. The second-order valence-corrected chi connectivity index (χ2v) is 8.61. The number of aryl methyl sites for hydroxylation is 2. The summed E-state index contributed by atoms with van der Waals surface area (Å²) in [6, 6.07) is 8.86. The van der Waals surface area contributed by atoms with Gasteiger partial charge in [0.1, 0.15) is 5.84 Å². The van der Waals surface area contributed by atoms with E-state index in [9.17, 15) is 0 Å². The summed E-state index contributed by atoms with van der Waals surface area (Å²) in [4.78, 5) is 14.6. The zero-order valence-corrected chi connectivity index (χ0v) is 18.5. The lowest BCUT2D eigenvalue weighted by atomic mass is 9.74. The van der Waals surface area contributed by atoms with E-state index in [0.29, 0.717) is 17.9 Å². The van der Waals surface area contributed by atoms with Gasteiger partial charge < -0.3 is 10.5 Å². The first-order valence-corrected chi connectivity index (χ1v) is 11.0. The van der Waals surface area contributed by atoms with Crippen LogP contribution in [0.4, 0.5) is 0 Å². The highest BCUT2D eigenvalue weighted by Crippen LogP contribution is 2.47. The van der Waals surface area contributed by atoms with Gasteiger partial charge in [-0.05, 0) is 74.8 Å². The lowest BCUT2D eigenvalue weighted by Gasteiger charge is -2.38. The Morgan fingerprint density at radius 2 is 1.80 bits per heavy atom. The number of pyridine rings is 1. The highest BCUT2D eigenvalue weighted by molar-refractivity contribution is 6.41. The van der Waals surface area contributed by atoms with Crippen molar-refractivity contribution < 1.29 is 4.74 Å². The fourth-order valence-corrected chi connectivity index (χ4v) is 4.95. The number of aromatic nitrogens is 1. The van der Waals surface area contributed by atoms with Crippen LogP contribution in [0.25, 0.3) is 11.1 Å². The van der Waals surface area contributed by atoms with Crippen LogP contribution in [0.2, 0.25) is 0 Å². The molecule has 30 heavy (non-hydrogen) atoms. The third-order valence-corrected chi connectivity index (χ3v) is 6.67. The van der Waals surface area contributed by atoms with Gasteiger partial charge in [-0.3, -0.25) is 9.98 Å². The Kier molecular flexibility index (Phi) is 5.74. The first-order valence-electron chi connectivity index (χ1n) is 11.0. The third kappa shape index (κ3) is 3.67. The van der Waals surface area contributed by atoms with Gasteiger partial charge in [0.2, 0.25) is 0 Å². The number of methoxy groups -OCH3 is 1. The molecule has 0 bridgehead atoms. The smallest absolute Gasteiger partial charge is 0.181 e. The predicted octanol–water partition coefficient (Wildman–Crippen LogP) is 4.81. The SMILES string of the molecule is CCc1ccc(-c2cncc(C)c2)cc1C1(C2CCC(OC)CC2)N=C(C)C(N)=N1. The molecule has 2 aromatic rings. The van der Waals surface area contributed by atoms with Crippen molar-refractivity contribution in [2.45, 2.75) is 64.6 Å². The van der Waals surface area contributed by atoms with Gasteiger partial charge in [0.15, 0.2) is 5.66 Å². The minimum Gasteiger partial charge on any atom is -0.382 e. The Morgan fingerprint density at radius 3 is 2.40 bits per heavy atom. The van der Waals surface area contributed by atoms with Gasteiger partial charge in [-0.25, -0.2) is 4.99 Å². The number of aliphatic imine (C=N–C) groups is 2. The largest absolute Gasteiger partial charge is 0.382 e. The predicted molar refractivity (Wildman–Crippen MR) is 123 cm³/mol. The Balaban J connectivity index is 1.84. The van der Waals surface area contributed by atoms with Gasteiger partial charge in [0.05, 0.1) is 11.8 Å². The standard InChI is InChI=1S/C25H32N4O/c1-5-18-6-7-19(20-12-16(2)14-27-15-20)13-23(18)25(28-17(3)24(26)29-25)21-8-10-22(30-4)11-9-21/h6-7,12-15,21-22H,5,8-11H2,1-4H3,(H2,26,29). The fourth-order valence-electron chi connectivity index (χ4n) is 4.95. The van der Waals surface area contributed by atoms with E-state index in [1.807, 2.05) is 26.4 Å². The summed E-state index contributed by atoms with van der Waals surface area (Å²) in [5, 5.41) is 0. The number of amidine groups is 1. The molecule has 1 unspecified atom stereocenters. The molecule has 0 spiro atoms. The molecule has 0 amide bonds. The zero-order chi connectivity index (χ0) is 21.3. The van der Waals surface area contributed by atoms with Crippen molar-refractivity contribution in [2.75, 3.05) is 7.11 Å². The Labute approximate surface area is 179 Å². The first kappa shape index (κ1) is 20.7. The van der Waals surface area contributed by atoms with Crippen molar-refractivity contribution in [3.8, 4) is 11.1 Å². The molecule has 2 aliphatic rings. The van der Waals surface area contributed by atoms with Crippen molar-refractivity contribution in [1.29, 1.82) is 0 Å². The summed E-state index contributed by atoms with van der Waals surface area (Å²) in [7, 11) is 1.81. The molecular formula is C25H32N4O. The van der Waals surface area contributed by atoms with Gasteiger partial charge in [-0.15, -0.1) is 0 Å². The maximum Gasteiger partial charge on any atom is 0.181 e. The molecule has 0 radical (unpaired) electrons. The van der Waals surface area contributed by atoms with E-state index in [-0.39, 0.29) is 0 Å². The van der Waals surface area contributed by atoms with Crippen molar-refractivity contribution in [1.82, 2.24) is 4.98 Å². The molecule has 158 valence electrons. The molecular weight excluding hydrogens is 372 g/mol. The number of rotatable bonds is 5. The van der Waals surface area contributed by atoms with Crippen molar-refractivity contribution in [2.24, 2.45) is 21.6 Å². The Morgan fingerprint density at radius 1 is 1.03 bits per heavy atom. The van der Waals surface area contributed by atoms with Crippen molar-refractivity contribution >= 4 is 11.5 Å². The molecule has 0 saturated heterocycles. The highest BCUT2D eigenvalue weighted by Gasteiger charge is 2.46. The Bertz CT molecular complexity index is 968. The van der Waals surface area contributed by atoms with Crippen LogP contribution in [0.1, 0.15) is 56.2 Å². The average molecular weight is 405 g/mol. The second kappa shape index (κ2) is 8.31. The first-order chi connectivity index (χ1) is 14.5. The normalized spacial score (nSPS) is 26.4. The van der Waals surface area contributed by atoms with E-state index in [1.54, 1.807) is 0 Å². The van der Waals surface area contributed by atoms with E-state index in [0.717, 1.165) is 54.5 Å². The molecule has 1 saturated carbocycles. The maximum atomic E-state index is 6.30. The summed E-state index contributed by atoms with van der Waals surface area (Å²) in [6.45, 7) is 6.24. The monoisotopic (exact) mass is 404 g/mol. The second-order valence-electron chi connectivity index (χ2n) is 8.61. The van der Waals surface area contributed by atoms with Crippen molar-refractivity contribution in [3.63, 3.8) is 0 Å². The van der Waals surface area contributed by atoms with Gasteiger partial charge in [-0.2, -0.15) is 0 Å². The van der Waals surface area contributed by atoms with Gasteiger partial charge >= 0.3 is 0 Å².